The van der Waals surface area contributed by atoms with E-state index in [1.165, 1.54) is 21.8 Å². The van der Waals surface area contributed by atoms with E-state index < -0.39 is 0 Å². The number of carbonyl (C=O) groups excluding carboxylic acids is 1. The van der Waals surface area contributed by atoms with Gasteiger partial charge in [0.25, 0.3) is 0 Å². The lowest BCUT2D eigenvalue weighted by molar-refractivity contribution is -0.147. The predicted molar refractivity (Wildman–Crippen MR) is 85.2 cm³/mol. The van der Waals surface area contributed by atoms with Gasteiger partial charge in [-0.1, -0.05) is 50.2 Å². The van der Waals surface area contributed by atoms with Crippen molar-refractivity contribution in [2.24, 2.45) is 5.92 Å². The highest BCUT2D eigenvalue weighted by Gasteiger charge is 2.11. The van der Waals surface area contributed by atoms with Crippen LogP contribution in [0.4, 0.5) is 0 Å². The van der Waals surface area contributed by atoms with Crippen LogP contribution in [0.25, 0.3) is 21.8 Å². The van der Waals surface area contributed by atoms with Crippen LogP contribution >= 0.6 is 0 Å². The number of nitrogens with zero attached hydrogens (tertiary/aromatic N) is 1. The van der Waals surface area contributed by atoms with E-state index in [1.54, 1.807) is 0 Å². The number of hydrogen-bond acceptors (Lipinski definition) is 2. The zero-order valence-electron chi connectivity index (χ0n) is 12.4. The number of aromatic nitrogens is 1. The normalized spacial score (nSPS) is 11.4. The summed E-state index contributed by atoms with van der Waals surface area (Å²) in [6.45, 7) is 4.78. The molecule has 0 radical (unpaired) electrons. The maximum atomic E-state index is 11.6. The molecule has 0 N–H and O–H groups in total. The van der Waals surface area contributed by atoms with Crippen LogP contribution in [0.5, 0.6) is 0 Å². The topological polar surface area (TPSA) is 31.2 Å². The van der Waals surface area contributed by atoms with Gasteiger partial charge in [0.05, 0.1) is 12.5 Å². The van der Waals surface area contributed by atoms with Crippen molar-refractivity contribution in [1.29, 1.82) is 0 Å². The number of esters is 1. The van der Waals surface area contributed by atoms with Gasteiger partial charge in [0.1, 0.15) is 6.61 Å². The van der Waals surface area contributed by atoms with E-state index in [0.29, 0.717) is 13.2 Å². The van der Waals surface area contributed by atoms with Gasteiger partial charge in [0.15, 0.2) is 0 Å². The second-order valence-electron chi connectivity index (χ2n) is 5.51. The number of para-hydroxylation sites is 2. The van der Waals surface area contributed by atoms with Crippen LogP contribution in [0, 0.1) is 5.92 Å². The molecule has 0 bridgehead atoms. The Balaban J connectivity index is 1.94. The van der Waals surface area contributed by atoms with Gasteiger partial charge in [0, 0.05) is 21.8 Å². The molecular formula is C18H19NO2. The van der Waals surface area contributed by atoms with Gasteiger partial charge in [-0.2, -0.15) is 0 Å². The maximum absolute atomic E-state index is 11.6. The summed E-state index contributed by atoms with van der Waals surface area (Å²) >= 11 is 0. The van der Waals surface area contributed by atoms with Crippen molar-refractivity contribution < 1.29 is 9.53 Å². The lowest BCUT2D eigenvalue weighted by atomic mass is 10.2. The summed E-state index contributed by atoms with van der Waals surface area (Å²) < 4.78 is 7.54. The van der Waals surface area contributed by atoms with E-state index in [4.69, 9.17) is 4.74 Å². The number of ether oxygens (including phenoxy) is 1. The third-order valence-corrected chi connectivity index (χ3v) is 3.71. The van der Waals surface area contributed by atoms with Crippen LogP contribution in [0.3, 0.4) is 0 Å². The molecule has 3 rings (SSSR count). The molecule has 0 aliphatic heterocycles. The van der Waals surface area contributed by atoms with Crippen LogP contribution in [-0.2, 0) is 16.1 Å². The van der Waals surface area contributed by atoms with Gasteiger partial charge in [-0.3, -0.25) is 4.79 Å². The molecule has 3 heteroatoms. The first-order valence-electron chi connectivity index (χ1n) is 7.31. The summed E-state index contributed by atoms with van der Waals surface area (Å²) in [5.74, 6) is -0.223. The average molecular weight is 281 g/mol. The Kier molecular flexibility index (Phi) is 3.65. The van der Waals surface area contributed by atoms with Gasteiger partial charge in [-0.05, 0) is 12.1 Å². The standard InChI is InChI=1S/C18H19NO2/c1-13(2)18(20)21-12-11-19-16-9-5-3-7-14(16)15-8-4-6-10-17(15)19/h3-10,13H,11-12H2,1-2H3. The van der Waals surface area contributed by atoms with E-state index in [9.17, 15) is 4.79 Å². The Morgan fingerprint density at radius 2 is 1.52 bits per heavy atom. The van der Waals surface area contributed by atoms with E-state index >= 15 is 0 Å². The second-order valence-corrected chi connectivity index (χ2v) is 5.51. The van der Waals surface area contributed by atoms with Gasteiger partial charge in [0.2, 0.25) is 0 Å². The fourth-order valence-corrected chi connectivity index (χ4v) is 2.65. The molecule has 0 spiro atoms. The number of hydrogen-bond donors (Lipinski definition) is 0. The molecule has 1 aromatic heterocycles. The molecule has 108 valence electrons. The fourth-order valence-electron chi connectivity index (χ4n) is 2.65. The third-order valence-electron chi connectivity index (χ3n) is 3.71. The Hall–Kier alpha value is -2.29. The van der Waals surface area contributed by atoms with Crippen molar-refractivity contribution in [3.63, 3.8) is 0 Å². The lowest BCUT2D eigenvalue weighted by Crippen LogP contribution is -2.15. The molecular weight excluding hydrogens is 262 g/mol. The molecule has 1 heterocycles. The van der Waals surface area contributed by atoms with Crippen molar-refractivity contribution in [3.05, 3.63) is 48.5 Å². The molecule has 0 amide bonds. The summed E-state index contributed by atoms with van der Waals surface area (Å²) in [6.07, 6.45) is 0. The van der Waals surface area contributed by atoms with Gasteiger partial charge in [-0.15, -0.1) is 0 Å². The van der Waals surface area contributed by atoms with Crippen LogP contribution in [0.2, 0.25) is 0 Å². The molecule has 0 saturated heterocycles. The largest absolute Gasteiger partial charge is 0.464 e. The zero-order chi connectivity index (χ0) is 14.8. The van der Waals surface area contributed by atoms with E-state index in [1.807, 2.05) is 26.0 Å². The Labute approximate surface area is 124 Å². The molecule has 21 heavy (non-hydrogen) atoms. The molecule has 0 aliphatic rings. The van der Waals surface area contributed by atoms with Crippen LogP contribution < -0.4 is 0 Å². The van der Waals surface area contributed by atoms with Crippen LogP contribution in [-0.4, -0.2) is 17.1 Å². The van der Waals surface area contributed by atoms with Gasteiger partial charge in [-0.25, -0.2) is 0 Å². The number of rotatable bonds is 4. The summed E-state index contributed by atoms with van der Waals surface area (Å²) in [5.41, 5.74) is 2.36. The van der Waals surface area contributed by atoms with Crippen molar-refractivity contribution in [3.8, 4) is 0 Å². The first-order chi connectivity index (χ1) is 10.2. The number of carbonyl (C=O) groups is 1. The average Bonchev–Trinajstić information content (AvgIpc) is 2.82. The smallest absolute Gasteiger partial charge is 0.308 e. The Morgan fingerprint density at radius 3 is 2.05 bits per heavy atom. The van der Waals surface area contributed by atoms with Gasteiger partial charge < -0.3 is 9.30 Å². The summed E-state index contributed by atoms with van der Waals surface area (Å²) in [6, 6.07) is 16.7. The number of fused-ring (bicyclic) bond motifs is 3. The molecule has 3 aromatic rings. The van der Waals surface area contributed by atoms with E-state index in [0.717, 1.165) is 0 Å². The molecule has 0 aliphatic carbocycles. The van der Waals surface area contributed by atoms with Crippen LogP contribution in [0.1, 0.15) is 13.8 Å². The van der Waals surface area contributed by atoms with E-state index in [-0.39, 0.29) is 11.9 Å². The molecule has 3 nitrogen and oxygen atoms in total. The lowest BCUT2D eigenvalue weighted by Gasteiger charge is -2.10. The summed E-state index contributed by atoms with van der Waals surface area (Å²) in [7, 11) is 0. The predicted octanol–water partition coefficient (Wildman–Crippen LogP) is 3.99. The highest BCUT2D eigenvalue weighted by atomic mass is 16.5. The minimum absolute atomic E-state index is 0.0804. The maximum Gasteiger partial charge on any atom is 0.308 e. The Bertz CT molecular complexity index is 733. The summed E-state index contributed by atoms with van der Waals surface area (Å²) in [4.78, 5) is 11.6. The van der Waals surface area contributed by atoms with Crippen LogP contribution in [0.15, 0.2) is 48.5 Å². The van der Waals surface area contributed by atoms with Gasteiger partial charge >= 0.3 is 5.97 Å². The minimum atomic E-state index is -0.143. The van der Waals surface area contributed by atoms with Crippen molar-refractivity contribution >= 4 is 27.8 Å². The highest BCUT2D eigenvalue weighted by molar-refractivity contribution is 6.07. The minimum Gasteiger partial charge on any atom is -0.464 e. The first kappa shape index (κ1) is 13.7. The molecule has 0 saturated carbocycles. The highest BCUT2D eigenvalue weighted by Crippen LogP contribution is 2.28. The number of benzene rings is 2. The molecule has 0 atom stereocenters. The second kappa shape index (κ2) is 5.60. The van der Waals surface area contributed by atoms with Crippen molar-refractivity contribution in [2.45, 2.75) is 20.4 Å². The molecule has 2 aromatic carbocycles. The summed E-state index contributed by atoms with van der Waals surface area (Å²) in [5, 5.41) is 2.48. The monoisotopic (exact) mass is 281 g/mol. The SMILES string of the molecule is CC(C)C(=O)OCCn1c2ccccc2c2ccccc21. The zero-order valence-corrected chi connectivity index (χ0v) is 12.4. The molecule has 0 fully saturated rings. The quantitative estimate of drug-likeness (QED) is 0.677. The van der Waals surface area contributed by atoms with Crippen molar-refractivity contribution in [2.75, 3.05) is 6.61 Å². The van der Waals surface area contributed by atoms with E-state index in [2.05, 4.69) is 41.0 Å². The van der Waals surface area contributed by atoms with Crippen molar-refractivity contribution in [1.82, 2.24) is 4.57 Å². The fraction of sp³-hybridized carbons (Fsp3) is 0.278. The first-order valence-corrected chi connectivity index (χ1v) is 7.31. The molecule has 0 unspecified atom stereocenters. The Morgan fingerprint density at radius 1 is 1.00 bits per heavy atom. The third kappa shape index (κ3) is 2.51.